The standard InChI is InChI=1S/C19H22N4OS/c1-2-23-9-5-7-14(23)11-20-18(24)17-12-25-19(22-17)16-10-13-6-3-4-8-15(13)21-16/h3-4,6,8,10,12,14,21H,2,5,7,9,11H2,1H3,(H,20,24). The van der Waals surface area contributed by atoms with Crippen LogP contribution in [-0.4, -0.2) is 46.5 Å². The maximum atomic E-state index is 12.4. The molecule has 1 aliphatic heterocycles. The second-order valence-electron chi connectivity index (χ2n) is 6.44. The van der Waals surface area contributed by atoms with Crippen molar-refractivity contribution in [1.82, 2.24) is 20.2 Å². The van der Waals surface area contributed by atoms with Gasteiger partial charge in [-0.3, -0.25) is 9.69 Å². The number of amides is 1. The Hall–Kier alpha value is -2.18. The number of nitrogens with one attached hydrogen (secondary N) is 2. The van der Waals surface area contributed by atoms with Gasteiger partial charge in [-0.25, -0.2) is 4.98 Å². The van der Waals surface area contributed by atoms with Crippen LogP contribution in [0.15, 0.2) is 35.7 Å². The van der Waals surface area contributed by atoms with Crippen molar-refractivity contribution in [3.8, 4) is 10.7 Å². The van der Waals surface area contributed by atoms with Gasteiger partial charge in [-0.1, -0.05) is 25.1 Å². The SMILES string of the molecule is CCN1CCCC1CNC(=O)c1csc(-c2cc3ccccc3[nH]2)n1. The van der Waals surface area contributed by atoms with Crippen molar-refractivity contribution in [2.45, 2.75) is 25.8 Å². The van der Waals surface area contributed by atoms with E-state index >= 15 is 0 Å². The van der Waals surface area contributed by atoms with Crippen LogP contribution in [0.1, 0.15) is 30.3 Å². The Balaban J connectivity index is 1.44. The molecule has 0 saturated carbocycles. The average molecular weight is 354 g/mol. The monoisotopic (exact) mass is 354 g/mol. The van der Waals surface area contributed by atoms with Crippen LogP contribution < -0.4 is 5.32 Å². The molecule has 2 N–H and O–H groups in total. The second kappa shape index (κ2) is 6.98. The number of hydrogen-bond acceptors (Lipinski definition) is 4. The summed E-state index contributed by atoms with van der Waals surface area (Å²) < 4.78 is 0. The first-order valence-electron chi connectivity index (χ1n) is 8.80. The maximum Gasteiger partial charge on any atom is 0.270 e. The summed E-state index contributed by atoms with van der Waals surface area (Å²) in [6.07, 6.45) is 2.38. The summed E-state index contributed by atoms with van der Waals surface area (Å²) in [5, 5.41) is 6.88. The number of thiazole rings is 1. The number of carbonyl (C=O) groups is 1. The zero-order valence-electron chi connectivity index (χ0n) is 14.3. The summed E-state index contributed by atoms with van der Waals surface area (Å²) in [5.41, 5.74) is 2.54. The van der Waals surface area contributed by atoms with Gasteiger partial charge in [0.15, 0.2) is 0 Å². The van der Waals surface area contributed by atoms with Crippen LogP contribution >= 0.6 is 11.3 Å². The number of fused-ring (bicyclic) bond motifs is 1. The van der Waals surface area contributed by atoms with Gasteiger partial charge in [0, 0.05) is 28.9 Å². The predicted octanol–water partition coefficient (Wildman–Crippen LogP) is 3.51. The number of rotatable bonds is 5. The Bertz CT molecular complexity index is 851. The van der Waals surface area contributed by atoms with Crippen LogP contribution in [-0.2, 0) is 0 Å². The number of likely N-dealkylation sites (N-methyl/N-ethyl adjacent to an activating group) is 1. The number of carbonyl (C=O) groups excluding carboxylic acids is 1. The zero-order valence-corrected chi connectivity index (χ0v) is 15.1. The topological polar surface area (TPSA) is 61.0 Å². The van der Waals surface area contributed by atoms with Crippen LogP contribution in [0.2, 0.25) is 0 Å². The van der Waals surface area contributed by atoms with E-state index in [-0.39, 0.29) is 5.91 Å². The van der Waals surface area contributed by atoms with E-state index in [0.717, 1.165) is 41.1 Å². The molecule has 0 radical (unpaired) electrons. The number of aromatic nitrogens is 2. The van der Waals surface area contributed by atoms with Gasteiger partial charge in [0.2, 0.25) is 0 Å². The smallest absolute Gasteiger partial charge is 0.270 e. The van der Waals surface area contributed by atoms with E-state index in [9.17, 15) is 4.79 Å². The van der Waals surface area contributed by atoms with Crippen LogP contribution in [0.4, 0.5) is 0 Å². The van der Waals surface area contributed by atoms with Gasteiger partial charge in [0.25, 0.3) is 5.91 Å². The first kappa shape index (κ1) is 16.3. The lowest BCUT2D eigenvalue weighted by Gasteiger charge is -2.22. The van der Waals surface area contributed by atoms with E-state index < -0.39 is 0 Å². The first-order valence-corrected chi connectivity index (χ1v) is 9.68. The molecule has 25 heavy (non-hydrogen) atoms. The molecule has 3 heterocycles. The highest BCUT2D eigenvalue weighted by molar-refractivity contribution is 7.13. The number of H-pyrrole nitrogens is 1. The molecule has 1 amide bonds. The third-order valence-electron chi connectivity index (χ3n) is 4.90. The predicted molar refractivity (Wildman–Crippen MR) is 102 cm³/mol. The van der Waals surface area contributed by atoms with E-state index in [4.69, 9.17) is 0 Å². The molecule has 0 aliphatic carbocycles. The van der Waals surface area contributed by atoms with E-state index in [2.05, 4.69) is 39.2 Å². The largest absolute Gasteiger partial charge is 0.353 e. The van der Waals surface area contributed by atoms with Gasteiger partial charge in [-0.15, -0.1) is 11.3 Å². The third-order valence-corrected chi connectivity index (χ3v) is 5.78. The number of benzene rings is 1. The Morgan fingerprint density at radius 2 is 2.32 bits per heavy atom. The van der Waals surface area contributed by atoms with E-state index in [1.807, 2.05) is 23.6 Å². The summed E-state index contributed by atoms with van der Waals surface area (Å²) in [5.74, 6) is -0.0819. The summed E-state index contributed by atoms with van der Waals surface area (Å²) in [7, 11) is 0. The van der Waals surface area contributed by atoms with E-state index in [1.165, 1.54) is 17.8 Å². The van der Waals surface area contributed by atoms with Crippen LogP contribution in [0.5, 0.6) is 0 Å². The Kier molecular flexibility index (Phi) is 4.55. The molecule has 1 atom stereocenters. The summed E-state index contributed by atoms with van der Waals surface area (Å²) in [4.78, 5) is 22.7. The van der Waals surface area contributed by atoms with E-state index in [0.29, 0.717) is 18.3 Å². The molecule has 5 nitrogen and oxygen atoms in total. The fraction of sp³-hybridized carbons (Fsp3) is 0.368. The van der Waals surface area contributed by atoms with Crippen molar-refractivity contribution in [1.29, 1.82) is 0 Å². The minimum atomic E-state index is -0.0819. The van der Waals surface area contributed by atoms with Gasteiger partial charge in [-0.05, 0) is 38.1 Å². The summed E-state index contributed by atoms with van der Waals surface area (Å²) >= 11 is 1.50. The normalized spacial score (nSPS) is 18.0. The van der Waals surface area contributed by atoms with Gasteiger partial charge >= 0.3 is 0 Å². The van der Waals surface area contributed by atoms with Crippen molar-refractivity contribution < 1.29 is 4.79 Å². The Morgan fingerprint density at radius 1 is 1.44 bits per heavy atom. The minimum absolute atomic E-state index is 0.0819. The van der Waals surface area contributed by atoms with Crippen molar-refractivity contribution in [2.75, 3.05) is 19.6 Å². The molecule has 130 valence electrons. The van der Waals surface area contributed by atoms with Gasteiger partial charge in [0.05, 0.1) is 5.69 Å². The molecule has 0 bridgehead atoms. The fourth-order valence-corrected chi connectivity index (χ4v) is 4.30. The molecule has 1 fully saturated rings. The number of para-hydroxylation sites is 1. The first-order chi connectivity index (χ1) is 12.2. The van der Waals surface area contributed by atoms with Crippen LogP contribution in [0, 0.1) is 0 Å². The summed E-state index contributed by atoms with van der Waals surface area (Å²) in [6, 6.07) is 10.7. The molecule has 3 aromatic rings. The molecule has 4 rings (SSSR count). The highest BCUT2D eigenvalue weighted by Crippen LogP contribution is 2.26. The second-order valence-corrected chi connectivity index (χ2v) is 7.30. The molecule has 2 aromatic heterocycles. The lowest BCUT2D eigenvalue weighted by atomic mass is 10.2. The lowest BCUT2D eigenvalue weighted by Crippen LogP contribution is -2.40. The summed E-state index contributed by atoms with van der Waals surface area (Å²) in [6.45, 7) is 5.05. The number of nitrogens with zero attached hydrogens (tertiary/aromatic N) is 2. The van der Waals surface area contributed by atoms with Crippen LogP contribution in [0.25, 0.3) is 21.6 Å². The average Bonchev–Trinajstić information content (AvgIpc) is 3.37. The maximum absolute atomic E-state index is 12.4. The van der Waals surface area contributed by atoms with Crippen molar-refractivity contribution in [3.05, 3.63) is 41.4 Å². The highest BCUT2D eigenvalue weighted by Gasteiger charge is 2.23. The molecule has 1 aliphatic rings. The molecule has 6 heteroatoms. The molecule has 0 spiro atoms. The number of hydrogen-bond donors (Lipinski definition) is 2. The number of likely N-dealkylation sites (tertiary alicyclic amines) is 1. The molecular formula is C19H22N4OS. The van der Waals surface area contributed by atoms with Crippen molar-refractivity contribution in [3.63, 3.8) is 0 Å². The highest BCUT2D eigenvalue weighted by atomic mass is 32.1. The zero-order chi connectivity index (χ0) is 17.2. The molecular weight excluding hydrogens is 332 g/mol. The van der Waals surface area contributed by atoms with Gasteiger partial charge in [0.1, 0.15) is 10.7 Å². The van der Waals surface area contributed by atoms with Crippen LogP contribution in [0.3, 0.4) is 0 Å². The minimum Gasteiger partial charge on any atom is -0.353 e. The quantitative estimate of drug-likeness (QED) is 0.737. The van der Waals surface area contributed by atoms with Gasteiger partial charge < -0.3 is 10.3 Å². The molecule has 1 saturated heterocycles. The van der Waals surface area contributed by atoms with Crippen molar-refractivity contribution >= 4 is 28.1 Å². The third kappa shape index (κ3) is 3.32. The van der Waals surface area contributed by atoms with Crippen molar-refractivity contribution in [2.24, 2.45) is 0 Å². The fourth-order valence-electron chi connectivity index (χ4n) is 3.53. The van der Waals surface area contributed by atoms with Gasteiger partial charge in [-0.2, -0.15) is 0 Å². The molecule has 1 aromatic carbocycles. The Labute approximate surface area is 151 Å². The number of aromatic amines is 1. The Morgan fingerprint density at radius 3 is 3.16 bits per heavy atom. The van der Waals surface area contributed by atoms with E-state index in [1.54, 1.807) is 0 Å². The molecule has 1 unspecified atom stereocenters. The lowest BCUT2D eigenvalue weighted by molar-refractivity contribution is 0.0937.